The third kappa shape index (κ3) is 5.04. The summed E-state index contributed by atoms with van der Waals surface area (Å²) in [4.78, 5) is 13.2. The van der Waals surface area contributed by atoms with Crippen molar-refractivity contribution in [3.8, 4) is 0 Å². The second-order valence-electron chi connectivity index (χ2n) is 14.3. The molecule has 184 valence electrons. The fourth-order valence-corrected chi connectivity index (χ4v) is 9.88. The number of hydrogen-bond donors (Lipinski definition) is 0. The smallest absolute Gasteiger partial charge is 0.193 e. The van der Waals surface area contributed by atoms with Crippen molar-refractivity contribution in [2.24, 2.45) is 5.92 Å². The zero-order valence-electron chi connectivity index (χ0n) is 23.3. The summed E-state index contributed by atoms with van der Waals surface area (Å²) in [5.74, 6) is 0.622. The molecule has 3 nitrogen and oxygen atoms in total. The number of fused-ring (bicyclic) bond motifs is 1. The molecular weight excluding hydrogens is 445 g/mol. The van der Waals surface area contributed by atoms with Gasteiger partial charge in [-0.3, -0.25) is 4.79 Å². The molecule has 32 heavy (non-hydrogen) atoms. The Morgan fingerprint density at radius 3 is 1.88 bits per heavy atom. The van der Waals surface area contributed by atoms with Gasteiger partial charge < -0.3 is 8.85 Å². The predicted molar refractivity (Wildman–Crippen MR) is 146 cm³/mol. The lowest BCUT2D eigenvalue weighted by Crippen LogP contribution is -2.57. The van der Waals surface area contributed by atoms with Crippen LogP contribution in [-0.4, -0.2) is 42.2 Å². The van der Waals surface area contributed by atoms with Crippen LogP contribution in [0.3, 0.4) is 0 Å². The van der Waals surface area contributed by atoms with Gasteiger partial charge >= 0.3 is 0 Å². The predicted octanol–water partition coefficient (Wildman–Crippen LogP) is 7.88. The SMILES string of the molecule is C=CC[C@@]1(O[Si](C)(C)C(C)(C)C)C[C@@H]2CC(=O)C([Si](C)(C)C)=C2[C@H]1O[Si](C)(C)C(C)(C)C. The fraction of sp³-hybridized carbons (Fsp3) is 0.808. The molecule has 1 fully saturated rings. The summed E-state index contributed by atoms with van der Waals surface area (Å²) in [7, 11) is -6.01. The van der Waals surface area contributed by atoms with Gasteiger partial charge in [0.15, 0.2) is 22.4 Å². The van der Waals surface area contributed by atoms with E-state index in [4.69, 9.17) is 8.85 Å². The number of ketones is 1. The van der Waals surface area contributed by atoms with Gasteiger partial charge in [-0.15, -0.1) is 6.58 Å². The molecule has 0 bridgehead atoms. The average molecular weight is 495 g/mol. The standard InChI is InChI=1S/C26H50O3Si3/c1-15-16-26(29-32(13,14)25(5,6)7)18-19-17-20(27)22(30(8,9)10)21(19)23(26)28-31(11,12)24(2,3)4/h15,19,23H,1,16-18H2,2-14H3/t19-,23+,26+/m0/s1. The van der Waals surface area contributed by atoms with Crippen molar-refractivity contribution in [2.45, 2.75) is 128 Å². The van der Waals surface area contributed by atoms with Gasteiger partial charge in [0.25, 0.3) is 0 Å². The Bertz CT molecular complexity index is 791. The molecule has 2 aliphatic carbocycles. The third-order valence-electron chi connectivity index (χ3n) is 8.51. The lowest BCUT2D eigenvalue weighted by atomic mass is 9.93. The molecule has 0 unspecified atom stereocenters. The number of allylic oxidation sites excluding steroid dienone is 1. The molecule has 0 aromatic rings. The second kappa shape index (κ2) is 8.43. The van der Waals surface area contributed by atoms with Crippen LogP contribution in [0.5, 0.6) is 0 Å². The molecule has 2 rings (SSSR count). The molecule has 0 spiro atoms. The van der Waals surface area contributed by atoms with E-state index in [1.807, 2.05) is 6.08 Å². The molecule has 3 atom stereocenters. The Hall–Kier alpha value is -0.279. The highest BCUT2D eigenvalue weighted by atomic mass is 28.4. The van der Waals surface area contributed by atoms with Crippen molar-refractivity contribution in [2.75, 3.05) is 0 Å². The van der Waals surface area contributed by atoms with Crippen molar-refractivity contribution in [1.82, 2.24) is 0 Å². The van der Waals surface area contributed by atoms with Crippen LogP contribution in [0, 0.1) is 5.92 Å². The first-order chi connectivity index (χ1) is 14.1. The summed E-state index contributed by atoms with van der Waals surface area (Å²) in [5.41, 5.74) is 0.880. The maximum atomic E-state index is 13.2. The normalized spacial score (nSPS) is 27.8. The molecule has 0 aromatic heterocycles. The minimum Gasteiger partial charge on any atom is -0.408 e. The minimum atomic E-state index is -2.11. The molecule has 0 N–H and O–H groups in total. The van der Waals surface area contributed by atoms with Gasteiger partial charge in [-0.1, -0.05) is 67.3 Å². The Labute approximate surface area is 201 Å². The van der Waals surface area contributed by atoms with Gasteiger partial charge in [0.1, 0.15) is 0 Å². The summed E-state index contributed by atoms with van der Waals surface area (Å²) in [6.45, 7) is 34.2. The number of carbonyl (C=O) groups excluding carboxylic acids is 1. The van der Waals surface area contributed by atoms with Crippen LogP contribution >= 0.6 is 0 Å². The van der Waals surface area contributed by atoms with Crippen molar-refractivity contribution in [3.63, 3.8) is 0 Å². The molecule has 2 aliphatic rings. The van der Waals surface area contributed by atoms with Crippen LogP contribution in [0.25, 0.3) is 0 Å². The quantitative estimate of drug-likeness (QED) is 0.267. The van der Waals surface area contributed by atoms with Crippen molar-refractivity contribution >= 4 is 30.5 Å². The maximum absolute atomic E-state index is 13.2. The third-order valence-corrected chi connectivity index (χ3v) is 19.5. The molecule has 0 radical (unpaired) electrons. The Morgan fingerprint density at radius 1 is 0.969 bits per heavy atom. The molecule has 0 saturated heterocycles. The average Bonchev–Trinajstić information content (AvgIpc) is 2.97. The van der Waals surface area contributed by atoms with Crippen LogP contribution in [-0.2, 0) is 13.6 Å². The highest BCUT2D eigenvalue weighted by Gasteiger charge is 2.61. The van der Waals surface area contributed by atoms with E-state index in [2.05, 4.69) is 94.0 Å². The molecule has 0 heterocycles. The number of carbonyl (C=O) groups is 1. The van der Waals surface area contributed by atoms with E-state index >= 15 is 0 Å². The fourth-order valence-electron chi connectivity index (χ4n) is 4.86. The van der Waals surface area contributed by atoms with E-state index in [0.29, 0.717) is 12.2 Å². The first-order valence-corrected chi connectivity index (χ1v) is 21.7. The minimum absolute atomic E-state index is 0.0878. The van der Waals surface area contributed by atoms with Gasteiger partial charge in [-0.2, -0.15) is 0 Å². The zero-order chi connectivity index (χ0) is 25.1. The monoisotopic (exact) mass is 494 g/mol. The van der Waals surface area contributed by atoms with E-state index in [-0.39, 0.29) is 22.1 Å². The van der Waals surface area contributed by atoms with Gasteiger partial charge in [0, 0.05) is 6.42 Å². The van der Waals surface area contributed by atoms with Crippen LogP contribution in [0.4, 0.5) is 0 Å². The molecular formula is C26H50O3Si3. The van der Waals surface area contributed by atoms with Crippen LogP contribution in [0.2, 0.25) is 55.9 Å². The van der Waals surface area contributed by atoms with E-state index in [1.165, 1.54) is 5.57 Å². The maximum Gasteiger partial charge on any atom is 0.193 e. The summed E-state index contributed by atoms with van der Waals surface area (Å²) in [6.07, 6.45) is 4.15. The van der Waals surface area contributed by atoms with Gasteiger partial charge in [-0.25, -0.2) is 0 Å². The van der Waals surface area contributed by atoms with Gasteiger partial charge in [0.2, 0.25) is 0 Å². The highest BCUT2D eigenvalue weighted by Crippen LogP contribution is 2.57. The molecule has 0 aliphatic heterocycles. The molecule has 0 aromatic carbocycles. The van der Waals surface area contributed by atoms with Crippen LogP contribution in [0.1, 0.15) is 60.8 Å². The lowest BCUT2D eigenvalue weighted by molar-refractivity contribution is -0.115. The Balaban J connectivity index is 2.76. The van der Waals surface area contributed by atoms with Crippen LogP contribution in [0.15, 0.2) is 23.4 Å². The van der Waals surface area contributed by atoms with E-state index in [0.717, 1.165) is 18.0 Å². The Kier molecular flexibility index (Phi) is 7.37. The number of Topliss-reactive ketones (excluding diaryl/α,β-unsaturated/α-hetero) is 1. The van der Waals surface area contributed by atoms with E-state index < -0.39 is 30.3 Å². The topological polar surface area (TPSA) is 35.5 Å². The molecule has 0 amide bonds. The number of rotatable bonds is 7. The largest absolute Gasteiger partial charge is 0.408 e. The van der Waals surface area contributed by atoms with Gasteiger partial charge in [-0.05, 0) is 65.8 Å². The van der Waals surface area contributed by atoms with Crippen molar-refractivity contribution in [3.05, 3.63) is 23.4 Å². The highest BCUT2D eigenvalue weighted by molar-refractivity contribution is 6.87. The second-order valence-corrected chi connectivity index (χ2v) is 28.8. The number of hydrogen-bond acceptors (Lipinski definition) is 3. The Morgan fingerprint density at radius 2 is 1.47 bits per heavy atom. The molecule has 6 heteroatoms. The first-order valence-electron chi connectivity index (χ1n) is 12.4. The van der Waals surface area contributed by atoms with E-state index in [9.17, 15) is 4.79 Å². The van der Waals surface area contributed by atoms with Crippen molar-refractivity contribution in [1.29, 1.82) is 0 Å². The summed E-state index contributed by atoms with van der Waals surface area (Å²) >= 11 is 0. The first kappa shape index (κ1) is 28.0. The van der Waals surface area contributed by atoms with Crippen molar-refractivity contribution < 1.29 is 13.6 Å². The zero-order valence-corrected chi connectivity index (χ0v) is 26.3. The van der Waals surface area contributed by atoms with E-state index in [1.54, 1.807) is 0 Å². The van der Waals surface area contributed by atoms with Crippen LogP contribution < -0.4 is 0 Å². The van der Waals surface area contributed by atoms with Gasteiger partial charge in [0.05, 0.1) is 19.8 Å². The summed E-state index contributed by atoms with van der Waals surface area (Å²) in [5, 5.41) is 1.33. The molecule has 1 saturated carbocycles. The summed E-state index contributed by atoms with van der Waals surface area (Å²) < 4.78 is 14.6. The lowest BCUT2D eigenvalue weighted by Gasteiger charge is -2.49. The summed E-state index contributed by atoms with van der Waals surface area (Å²) in [6, 6.07) is 0.